The van der Waals surface area contributed by atoms with E-state index < -0.39 is 0 Å². The maximum absolute atomic E-state index is 3.39. The Hall–Kier alpha value is -0.160. The Morgan fingerprint density at radius 3 is 2.31 bits per heavy atom. The summed E-state index contributed by atoms with van der Waals surface area (Å²) in [6.45, 7) is 9.57. The summed E-state index contributed by atoms with van der Waals surface area (Å²) in [6.07, 6.45) is 1.27. The van der Waals surface area contributed by atoms with Crippen LogP contribution < -0.4 is 5.32 Å². The van der Waals surface area contributed by atoms with Crippen molar-refractivity contribution in [1.29, 1.82) is 0 Å². The van der Waals surface area contributed by atoms with Crippen molar-refractivity contribution in [2.24, 2.45) is 0 Å². The molecule has 0 aliphatic carbocycles. The third-order valence-corrected chi connectivity index (χ3v) is 3.15. The molecule has 1 aliphatic heterocycles. The topological polar surface area (TPSA) is 21.8 Å². The van der Waals surface area contributed by atoms with E-state index in [0.29, 0.717) is 0 Å². The van der Waals surface area contributed by atoms with Crippen LogP contribution in [0.3, 0.4) is 0 Å². The van der Waals surface area contributed by atoms with Gasteiger partial charge >= 0.3 is 0 Å². The number of nitrogens with one attached hydrogen (secondary N) is 1. The van der Waals surface area contributed by atoms with Gasteiger partial charge in [-0.25, -0.2) is 0 Å². The highest BCUT2D eigenvalue weighted by molar-refractivity contribution is 4.68. The fourth-order valence-electron chi connectivity index (χ4n) is 2.02. The zero-order valence-electron chi connectivity index (χ0n) is 11.2. The SMILES string of the molecule is CN(C)CCCN(C)CCN1CCNCC1. The number of hydrogen-bond donors (Lipinski definition) is 1. The maximum Gasteiger partial charge on any atom is 0.0110 e. The van der Waals surface area contributed by atoms with Gasteiger partial charge in [-0.3, -0.25) is 4.90 Å². The second kappa shape index (κ2) is 8.01. The lowest BCUT2D eigenvalue weighted by atomic mass is 10.3. The molecule has 0 spiro atoms. The second-order valence-electron chi connectivity index (χ2n) is 5.05. The van der Waals surface area contributed by atoms with Crippen molar-refractivity contribution in [1.82, 2.24) is 20.0 Å². The molecule has 1 N–H and O–H groups in total. The highest BCUT2D eigenvalue weighted by Crippen LogP contribution is 1.94. The standard InChI is InChI=1S/C12H28N4/c1-14(2)7-4-8-15(3)11-12-16-9-5-13-6-10-16/h13H,4-12H2,1-3H3. The van der Waals surface area contributed by atoms with Gasteiger partial charge in [0.1, 0.15) is 0 Å². The molecular formula is C12H28N4. The van der Waals surface area contributed by atoms with Crippen molar-refractivity contribution in [3.05, 3.63) is 0 Å². The third-order valence-electron chi connectivity index (χ3n) is 3.15. The maximum atomic E-state index is 3.39. The first-order valence-corrected chi connectivity index (χ1v) is 6.45. The second-order valence-corrected chi connectivity index (χ2v) is 5.05. The Morgan fingerprint density at radius 1 is 1.00 bits per heavy atom. The fourth-order valence-corrected chi connectivity index (χ4v) is 2.02. The zero-order chi connectivity index (χ0) is 11.8. The molecule has 4 nitrogen and oxygen atoms in total. The van der Waals surface area contributed by atoms with Crippen molar-refractivity contribution in [2.75, 3.05) is 73.5 Å². The summed E-state index contributed by atoms with van der Waals surface area (Å²) < 4.78 is 0. The summed E-state index contributed by atoms with van der Waals surface area (Å²) in [7, 11) is 6.51. The Labute approximate surface area is 101 Å². The Morgan fingerprint density at radius 2 is 1.69 bits per heavy atom. The summed E-state index contributed by atoms with van der Waals surface area (Å²) in [5.74, 6) is 0. The van der Waals surface area contributed by atoms with Gasteiger partial charge in [-0.1, -0.05) is 0 Å². The Kier molecular flexibility index (Phi) is 6.96. The summed E-state index contributed by atoms with van der Waals surface area (Å²) in [5.41, 5.74) is 0. The first-order valence-electron chi connectivity index (χ1n) is 6.45. The highest BCUT2D eigenvalue weighted by Gasteiger charge is 2.09. The molecule has 1 aliphatic rings. The van der Waals surface area contributed by atoms with Crippen LogP contribution in [0.4, 0.5) is 0 Å². The van der Waals surface area contributed by atoms with Crippen LogP contribution in [0.2, 0.25) is 0 Å². The lowest BCUT2D eigenvalue weighted by molar-refractivity contribution is 0.201. The normalized spacial score (nSPS) is 18.6. The molecule has 0 aromatic carbocycles. The largest absolute Gasteiger partial charge is 0.314 e. The van der Waals surface area contributed by atoms with Crippen LogP contribution in [0.5, 0.6) is 0 Å². The van der Waals surface area contributed by atoms with Gasteiger partial charge in [0.2, 0.25) is 0 Å². The fraction of sp³-hybridized carbons (Fsp3) is 1.00. The van der Waals surface area contributed by atoms with E-state index in [1.165, 1.54) is 45.7 Å². The van der Waals surface area contributed by atoms with Crippen LogP contribution in [0.15, 0.2) is 0 Å². The van der Waals surface area contributed by atoms with Crippen molar-refractivity contribution < 1.29 is 0 Å². The minimum Gasteiger partial charge on any atom is -0.314 e. The lowest BCUT2D eigenvalue weighted by Gasteiger charge is -2.29. The van der Waals surface area contributed by atoms with E-state index in [0.717, 1.165) is 13.1 Å². The van der Waals surface area contributed by atoms with Gasteiger partial charge in [0.05, 0.1) is 0 Å². The summed E-state index contributed by atoms with van der Waals surface area (Å²) in [4.78, 5) is 7.26. The molecule has 1 rings (SSSR count). The van der Waals surface area contributed by atoms with E-state index in [1.807, 2.05) is 0 Å². The van der Waals surface area contributed by atoms with Gasteiger partial charge in [0, 0.05) is 39.3 Å². The number of piperazine rings is 1. The molecule has 4 heteroatoms. The first kappa shape index (κ1) is 13.9. The minimum atomic E-state index is 1.16. The number of rotatable bonds is 7. The van der Waals surface area contributed by atoms with Crippen LogP contribution in [-0.4, -0.2) is 88.2 Å². The molecule has 1 fully saturated rings. The quantitative estimate of drug-likeness (QED) is 0.650. The number of hydrogen-bond acceptors (Lipinski definition) is 4. The third kappa shape index (κ3) is 6.43. The van der Waals surface area contributed by atoms with Crippen LogP contribution in [0, 0.1) is 0 Å². The molecule has 96 valence electrons. The zero-order valence-corrected chi connectivity index (χ0v) is 11.2. The van der Waals surface area contributed by atoms with Gasteiger partial charge < -0.3 is 15.1 Å². The molecule has 0 radical (unpaired) electrons. The average molecular weight is 228 g/mol. The summed E-state index contributed by atoms with van der Waals surface area (Å²) in [6, 6.07) is 0. The predicted molar refractivity (Wildman–Crippen MR) is 70.0 cm³/mol. The van der Waals surface area contributed by atoms with E-state index in [-0.39, 0.29) is 0 Å². The van der Waals surface area contributed by atoms with Gasteiger partial charge in [0.25, 0.3) is 0 Å². The van der Waals surface area contributed by atoms with Crippen molar-refractivity contribution in [3.8, 4) is 0 Å². The summed E-state index contributed by atoms with van der Waals surface area (Å²) >= 11 is 0. The molecule has 1 heterocycles. The van der Waals surface area contributed by atoms with Gasteiger partial charge in [-0.2, -0.15) is 0 Å². The Bertz CT molecular complexity index is 166. The molecule has 0 aromatic rings. The van der Waals surface area contributed by atoms with Gasteiger partial charge in [0.15, 0.2) is 0 Å². The number of nitrogens with zero attached hydrogens (tertiary/aromatic N) is 3. The molecule has 0 atom stereocenters. The smallest absolute Gasteiger partial charge is 0.0110 e. The van der Waals surface area contributed by atoms with Gasteiger partial charge in [-0.05, 0) is 40.7 Å². The van der Waals surface area contributed by atoms with Crippen molar-refractivity contribution in [2.45, 2.75) is 6.42 Å². The molecule has 16 heavy (non-hydrogen) atoms. The van der Waals surface area contributed by atoms with E-state index in [4.69, 9.17) is 0 Å². The van der Waals surface area contributed by atoms with Gasteiger partial charge in [-0.15, -0.1) is 0 Å². The van der Waals surface area contributed by atoms with Crippen molar-refractivity contribution in [3.63, 3.8) is 0 Å². The van der Waals surface area contributed by atoms with E-state index in [9.17, 15) is 0 Å². The van der Waals surface area contributed by atoms with E-state index in [1.54, 1.807) is 0 Å². The molecule has 0 saturated carbocycles. The molecule has 0 unspecified atom stereocenters. The molecular weight excluding hydrogens is 200 g/mol. The predicted octanol–water partition coefficient (Wildman–Crippen LogP) is -0.225. The highest BCUT2D eigenvalue weighted by atomic mass is 15.2. The van der Waals surface area contributed by atoms with Crippen LogP contribution in [-0.2, 0) is 0 Å². The van der Waals surface area contributed by atoms with Crippen LogP contribution in [0.1, 0.15) is 6.42 Å². The molecule has 0 bridgehead atoms. The summed E-state index contributed by atoms with van der Waals surface area (Å²) in [5, 5.41) is 3.39. The lowest BCUT2D eigenvalue weighted by Crippen LogP contribution is -2.46. The molecule has 0 amide bonds. The average Bonchev–Trinajstić information content (AvgIpc) is 2.27. The monoisotopic (exact) mass is 228 g/mol. The molecule has 0 aromatic heterocycles. The van der Waals surface area contributed by atoms with Crippen LogP contribution >= 0.6 is 0 Å². The number of likely N-dealkylation sites (N-methyl/N-ethyl adjacent to an activating group) is 1. The Balaban J connectivity index is 1.98. The van der Waals surface area contributed by atoms with Crippen molar-refractivity contribution >= 4 is 0 Å². The minimum absolute atomic E-state index is 1.16. The van der Waals surface area contributed by atoms with E-state index in [2.05, 4.69) is 41.2 Å². The molecule has 1 saturated heterocycles. The van der Waals surface area contributed by atoms with Crippen LogP contribution in [0.25, 0.3) is 0 Å². The first-order chi connectivity index (χ1) is 7.68. The van der Waals surface area contributed by atoms with E-state index >= 15 is 0 Å².